The van der Waals surface area contributed by atoms with Gasteiger partial charge in [0.2, 0.25) is 5.95 Å². The van der Waals surface area contributed by atoms with Crippen molar-refractivity contribution in [3.05, 3.63) is 181 Å². The van der Waals surface area contributed by atoms with E-state index in [4.69, 9.17) is 9.97 Å². The van der Waals surface area contributed by atoms with Crippen LogP contribution < -0.4 is 0 Å². The number of benzene rings is 8. The van der Waals surface area contributed by atoms with Crippen molar-refractivity contribution in [1.82, 2.24) is 19.1 Å². The van der Waals surface area contributed by atoms with Crippen LogP contribution in [-0.2, 0) is 0 Å². The molecule has 0 aliphatic heterocycles. The Morgan fingerprint density at radius 1 is 0.396 bits per heavy atom. The van der Waals surface area contributed by atoms with Gasteiger partial charge in [0.05, 0.1) is 33.3 Å². The average molecular weight is 677 g/mol. The SMILES string of the molecule is Cc1ccc(-n2c3ccccc3c3c4c5ccccc5n(-c5nc(-c6ccc7ccccc7c6)c6cc(-c7ccccc7)ccc6n5)c4ccc32)cc1. The summed E-state index contributed by atoms with van der Waals surface area (Å²) in [6, 6.07) is 63.0. The van der Waals surface area contributed by atoms with E-state index >= 15 is 0 Å². The summed E-state index contributed by atoms with van der Waals surface area (Å²) >= 11 is 0. The zero-order valence-electron chi connectivity index (χ0n) is 29.0. The molecule has 3 aromatic heterocycles. The third-order valence-corrected chi connectivity index (χ3v) is 10.8. The third-order valence-electron chi connectivity index (χ3n) is 10.8. The van der Waals surface area contributed by atoms with Crippen LogP contribution in [0.4, 0.5) is 0 Å². The highest BCUT2D eigenvalue weighted by atomic mass is 15.2. The van der Waals surface area contributed by atoms with Crippen LogP contribution in [0.15, 0.2) is 176 Å². The van der Waals surface area contributed by atoms with E-state index in [2.05, 4.69) is 192 Å². The maximum absolute atomic E-state index is 5.51. The van der Waals surface area contributed by atoms with E-state index in [1.54, 1.807) is 0 Å². The molecule has 0 unspecified atom stereocenters. The lowest BCUT2D eigenvalue weighted by molar-refractivity contribution is 1.01. The van der Waals surface area contributed by atoms with Crippen LogP contribution in [0.5, 0.6) is 0 Å². The number of hydrogen-bond acceptors (Lipinski definition) is 2. The van der Waals surface area contributed by atoms with Gasteiger partial charge in [0, 0.05) is 38.2 Å². The molecule has 53 heavy (non-hydrogen) atoms. The monoisotopic (exact) mass is 676 g/mol. The zero-order valence-corrected chi connectivity index (χ0v) is 29.0. The predicted molar refractivity (Wildman–Crippen MR) is 221 cm³/mol. The summed E-state index contributed by atoms with van der Waals surface area (Å²) in [5.74, 6) is 0.654. The summed E-state index contributed by atoms with van der Waals surface area (Å²) in [5.41, 5.74) is 12.1. The molecule has 8 aromatic carbocycles. The zero-order chi connectivity index (χ0) is 35.0. The molecule has 3 heterocycles. The topological polar surface area (TPSA) is 35.6 Å². The van der Waals surface area contributed by atoms with E-state index in [0.29, 0.717) is 5.95 Å². The van der Waals surface area contributed by atoms with E-state index in [-0.39, 0.29) is 0 Å². The fourth-order valence-electron chi connectivity index (χ4n) is 8.29. The van der Waals surface area contributed by atoms with Gasteiger partial charge < -0.3 is 4.57 Å². The first-order chi connectivity index (χ1) is 26.2. The Morgan fingerprint density at radius 2 is 1.02 bits per heavy atom. The minimum absolute atomic E-state index is 0.654. The quantitative estimate of drug-likeness (QED) is 0.186. The van der Waals surface area contributed by atoms with Gasteiger partial charge in [-0.2, -0.15) is 0 Å². The van der Waals surface area contributed by atoms with Crippen LogP contribution in [-0.4, -0.2) is 19.1 Å². The minimum Gasteiger partial charge on any atom is -0.309 e. The highest BCUT2D eigenvalue weighted by molar-refractivity contribution is 6.28. The fourth-order valence-corrected chi connectivity index (χ4v) is 8.29. The number of nitrogens with zero attached hydrogens (tertiary/aromatic N) is 4. The van der Waals surface area contributed by atoms with Crippen molar-refractivity contribution in [2.45, 2.75) is 6.92 Å². The standard InChI is InChI=1S/C49H32N4/c1-31-19-24-37(25-20-31)52-42-17-9-7-15-38(42)46-44(52)27-28-45-47(46)39-16-8-10-18-43(39)53(45)49-50-41-26-23-35(32-11-3-2-4-12-32)30-40(41)48(51-49)36-22-21-33-13-5-6-14-34(33)29-36/h2-30H,1H3. The van der Waals surface area contributed by atoms with Crippen LogP contribution in [0.25, 0.3) is 99.3 Å². The number of para-hydroxylation sites is 2. The average Bonchev–Trinajstić information content (AvgIpc) is 3.73. The molecule has 0 saturated carbocycles. The van der Waals surface area contributed by atoms with Crippen molar-refractivity contribution in [3.8, 4) is 34.0 Å². The molecule has 0 aliphatic carbocycles. The molecular weight excluding hydrogens is 645 g/mol. The molecule has 0 bridgehead atoms. The Kier molecular flexibility index (Phi) is 6.43. The lowest BCUT2D eigenvalue weighted by Gasteiger charge is -2.13. The summed E-state index contributed by atoms with van der Waals surface area (Å²) in [4.78, 5) is 10.9. The number of rotatable bonds is 4. The molecule has 0 fully saturated rings. The van der Waals surface area contributed by atoms with Crippen LogP contribution in [0, 0.1) is 6.92 Å². The van der Waals surface area contributed by atoms with E-state index in [1.165, 1.54) is 54.5 Å². The van der Waals surface area contributed by atoms with Crippen molar-refractivity contribution >= 4 is 65.3 Å². The molecule has 0 spiro atoms. The van der Waals surface area contributed by atoms with Crippen LogP contribution >= 0.6 is 0 Å². The molecule has 4 nitrogen and oxygen atoms in total. The second-order valence-electron chi connectivity index (χ2n) is 13.9. The van der Waals surface area contributed by atoms with Gasteiger partial charge in [0.15, 0.2) is 0 Å². The third kappa shape index (κ3) is 4.56. The molecule has 0 N–H and O–H groups in total. The van der Waals surface area contributed by atoms with E-state index in [1.807, 2.05) is 0 Å². The molecule has 0 atom stereocenters. The summed E-state index contributed by atoms with van der Waals surface area (Å²) in [7, 11) is 0. The molecule has 0 saturated heterocycles. The maximum Gasteiger partial charge on any atom is 0.235 e. The number of aryl methyl sites for hydroxylation is 1. The van der Waals surface area contributed by atoms with Crippen molar-refractivity contribution in [2.75, 3.05) is 0 Å². The summed E-state index contributed by atoms with van der Waals surface area (Å²) < 4.78 is 4.65. The van der Waals surface area contributed by atoms with Crippen molar-refractivity contribution in [1.29, 1.82) is 0 Å². The minimum atomic E-state index is 0.654. The first-order valence-electron chi connectivity index (χ1n) is 18.1. The Hall–Kier alpha value is -7.04. The van der Waals surface area contributed by atoms with E-state index in [9.17, 15) is 0 Å². The van der Waals surface area contributed by atoms with Gasteiger partial charge in [-0.1, -0.05) is 127 Å². The molecule has 11 aromatic rings. The first-order valence-corrected chi connectivity index (χ1v) is 18.1. The molecule has 11 rings (SSSR count). The summed E-state index contributed by atoms with van der Waals surface area (Å²) in [6.07, 6.45) is 0. The van der Waals surface area contributed by atoms with Crippen LogP contribution in [0.2, 0.25) is 0 Å². The molecule has 4 heteroatoms. The molecule has 0 aliphatic rings. The maximum atomic E-state index is 5.51. The van der Waals surface area contributed by atoms with Crippen molar-refractivity contribution in [3.63, 3.8) is 0 Å². The van der Waals surface area contributed by atoms with Crippen LogP contribution in [0.3, 0.4) is 0 Å². The van der Waals surface area contributed by atoms with Gasteiger partial charge in [0.1, 0.15) is 0 Å². The van der Waals surface area contributed by atoms with Gasteiger partial charge in [-0.15, -0.1) is 0 Å². The Bertz CT molecular complexity index is 3220. The highest BCUT2D eigenvalue weighted by Gasteiger charge is 2.22. The highest BCUT2D eigenvalue weighted by Crippen LogP contribution is 2.42. The van der Waals surface area contributed by atoms with Crippen LogP contribution in [0.1, 0.15) is 5.56 Å². The summed E-state index contributed by atoms with van der Waals surface area (Å²) in [5, 5.41) is 8.25. The second kappa shape index (κ2) is 11.5. The molecule has 0 radical (unpaired) electrons. The van der Waals surface area contributed by atoms with E-state index < -0.39 is 0 Å². The number of fused-ring (bicyclic) bond motifs is 9. The van der Waals surface area contributed by atoms with Gasteiger partial charge in [-0.05, 0) is 83.4 Å². The lowest BCUT2D eigenvalue weighted by atomic mass is 9.99. The normalized spacial score (nSPS) is 11.9. The fraction of sp³-hybridized carbons (Fsp3) is 0.0204. The lowest BCUT2D eigenvalue weighted by Crippen LogP contribution is -2.03. The molecule has 0 amide bonds. The first kappa shape index (κ1) is 29.7. The van der Waals surface area contributed by atoms with Crippen molar-refractivity contribution in [2.24, 2.45) is 0 Å². The number of hydrogen-bond donors (Lipinski definition) is 0. The predicted octanol–water partition coefficient (Wildman–Crippen LogP) is 12.6. The molecular formula is C49H32N4. The summed E-state index contributed by atoms with van der Waals surface area (Å²) in [6.45, 7) is 2.14. The Balaban J connectivity index is 1.23. The van der Waals surface area contributed by atoms with E-state index in [0.717, 1.165) is 44.4 Å². The Morgan fingerprint density at radius 3 is 1.77 bits per heavy atom. The molecule has 248 valence electrons. The number of aromatic nitrogens is 4. The van der Waals surface area contributed by atoms with Gasteiger partial charge in [-0.3, -0.25) is 4.57 Å². The van der Waals surface area contributed by atoms with Gasteiger partial charge >= 0.3 is 0 Å². The smallest absolute Gasteiger partial charge is 0.235 e. The van der Waals surface area contributed by atoms with Gasteiger partial charge in [0.25, 0.3) is 0 Å². The van der Waals surface area contributed by atoms with Gasteiger partial charge in [-0.25, -0.2) is 9.97 Å². The second-order valence-corrected chi connectivity index (χ2v) is 13.9. The largest absolute Gasteiger partial charge is 0.309 e. The Labute approximate surface area is 305 Å². The van der Waals surface area contributed by atoms with Crippen molar-refractivity contribution < 1.29 is 0 Å².